The predicted molar refractivity (Wildman–Crippen MR) is 237 cm³/mol. The van der Waals surface area contributed by atoms with Gasteiger partial charge in [0.15, 0.2) is 12.6 Å². The molecule has 0 aliphatic carbocycles. The van der Waals surface area contributed by atoms with Gasteiger partial charge in [-0.05, 0) is 42.0 Å². The highest BCUT2D eigenvalue weighted by atomic mass is 35.5. The largest absolute Gasteiger partial charge is 0.368 e. The molecular weight excluding hydrogens is 866 g/mol. The molecule has 0 spiro atoms. The molecule has 0 aromatic heterocycles. The van der Waals surface area contributed by atoms with E-state index in [1.807, 2.05) is 135 Å². The zero-order valence-corrected chi connectivity index (χ0v) is 36.9. The van der Waals surface area contributed by atoms with Gasteiger partial charge >= 0.3 is 0 Å². The summed E-state index contributed by atoms with van der Waals surface area (Å²) < 4.78 is 54.4. The third-order valence-electron chi connectivity index (χ3n) is 11.8. The van der Waals surface area contributed by atoms with Crippen molar-refractivity contribution in [2.45, 2.75) is 93.5 Å². The van der Waals surface area contributed by atoms with Crippen LogP contribution in [0.25, 0.3) is 0 Å². The van der Waals surface area contributed by atoms with E-state index in [1.54, 1.807) is 0 Å². The Hall–Kier alpha value is -4.15. The fourth-order valence-electron chi connectivity index (χ4n) is 8.65. The van der Waals surface area contributed by atoms with Crippen molar-refractivity contribution >= 4 is 46.8 Å². The molecule has 3 saturated heterocycles. The molecule has 4 heterocycles. The number of carbonyl (C=O) groups excluding carboxylic acids is 2. The number of benzene rings is 5. The first kappa shape index (κ1) is 44.1. The van der Waals surface area contributed by atoms with Crippen LogP contribution in [0.15, 0.2) is 133 Å². The summed E-state index contributed by atoms with van der Waals surface area (Å²) in [6, 6.07) is 41.1. The summed E-state index contributed by atoms with van der Waals surface area (Å²) in [5, 5.41) is 0.146. The molecule has 0 radical (unpaired) electrons. The SMILES string of the molecule is CS[C@@H]1O[C@@H]2COC(c3ccccc3)O[C@H]2[C@H](O[C@@H]2O[C@@H](C)[C@@H](OCc3ccccc3)[C@@H](OCc3ccccc3)[C@@H]2OCc2ccccc2)[C@H]1N1C(=O)c2ccc(Cl)c(Cl)c2C1=O. The number of imide groups is 1. The maximum Gasteiger partial charge on any atom is 0.263 e. The summed E-state index contributed by atoms with van der Waals surface area (Å²) in [5.41, 5.74) is 3.00. The number of fused-ring (bicyclic) bond motifs is 2. The van der Waals surface area contributed by atoms with Crippen molar-refractivity contribution in [3.63, 3.8) is 0 Å². The summed E-state index contributed by atoms with van der Waals surface area (Å²) in [4.78, 5) is 30.3. The summed E-state index contributed by atoms with van der Waals surface area (Å²) >= 11 is 14.4. The Labute approximate surface area is 380 Å². The van der Waals surface area contributed by atoms with E-state index in [-0.39, 0.29) is 41.0 Å². The molecule has 0 N–H and O–H groups in total. The quantitative estimate of drug-likeness (QED) is 0.0996. The van der Waals surface area contributed by atoms with Crippen LogP contribution < -0.4 is 0 Å². The van der Waals surface area contributed by atoms with E-state index in [4.69, 9.17) is 61.1 Å². The van der Waals surface area contributed by atoms with E-state index in [9.17, 15) is 9.59 Å². The van der Waals surface area contributed by atoms with E-state index < -0.39 is 78.6 Å². The molecule has 11 atom stereocenters. The van der Waals surface area contributed by atoms with Crippen molar-refractivity contribution in [3.05, 3.63) is 177 Å². The van der Waals surface area contributed by atoms with Gasteiger partial charge in [-0.1, -0.05) is 145 Å². The molecule has 1 unspecified atom stereocenters. The number of amides is 2. The van der Waals surface area contributed by atoms with Crippen LogP contribution in [-0.2, 0) is 57.7 Å². The lowest BCUT2D eigenvalue weighted by atomic mass is 9.94. The highest BCUT2D eigenvalue weighted by Gasteiger charge is 2.59. The van der Waals surface area contributed by atoms with Crippen molar-refractivity contribution in [2.24, 2.45) is 0 Å². The normalized spacial score (nSPS) is 29.3. The minimum atomic E-state index is -1.13. The van der Waals surface area contributed by atoms with Crippen molar-refractivity contribution in [1.29, 1.82) is 0 Å². The average Bonchev–Trinajstić information content (AvgIpc) is 3.57. The molecule has 14 heteroatoms. The number of thioether (sulfide) groups is 1. The lowest BCUT2D eigenvalue weighted by Gasteiger charge is -2.53. The summed E-state index contributed by atoms with van der Waals surface area (Å²) in [5.74, 6) is -1.18. The first-order valence-electron chi connectivity index (χ1n) is 20.9. The molecule has 328 valence electrons. The second-order valence-electron chi connectivity index (χ2n) is 15.8. The number of carbonyl (C=O) groups is 2. The Kier molecular flexibility index (Phi) is 13.9. The van der Waals surface area contributed by atoms with Gasteiger partial charge in [0.25, 0.3) is 11.8 Å². The number of halogens is 2. The topological polar surface area (TPSA) is 111 Å². The maximum atomic E-state index is 14.6. The van der Waals surface area contributed by atoms with E-state index in [0.29, 0.717) is 6.61 Å². The zero-order valence-electron chi connectivity index (χ0n) is 34.6. The molecule has 11 nitrogen and oxygen atoms in total. The Bertz CT molecular complexity index is 2330. The Morgan fingerprint density at radius 3 is 1.79 bits per heavy atom. The fraction of sp³-hybridized carbons (Fsp3) is 0.347. The molecule has 5 aromatic rings. The lowest BCUT2D eigenvalue weighted by molar-refractivity contribution is -0.365. The molecule has 9 rings (SSSR count). The third kappa shape index (κ3) is 9.36. The first-order chi connectivity index (χ1) is 30.8. The minimum absolute atomic E-state index is 0.00647. The van der Waals surface area contributed by atoms with Crippen molar-refractivity contribution in [1.82, 2.24) is 4.90 Å². The molecular formula is C49H47Cl2NO10S. The number of hydrogen-bond acceptors (Lipinski definition) is 11. The molecule has 5 aromatic carbocycles. The fourth-order valence-corrected chi connectivity index (χ4v) is 9.86. The Morgan fingerprint density at radius 1 is 0.651 bits per heavy atom. The second-order valence-corrected chi connectivity index (χ2v) is 17.5. The van der Waals surface area contributed by atoms with Crippen LogP contribution in [0.3, 0.4) is 0 Å². The van der Waals surface area contributed by atoms with Crippen LogP contribution in [0.4, 0.5) is 0 Å². The highest BCUT2D eigenvalue weighted by molar-refractivity contribution is 7.99. The zero-order chi connectivity index (χ0) is 43.5. The van der Waals surface area contributed by atoms with Crippen molar-refractivity contribution < 1.29 is 47.5 Å². The van der Waals surface area contributed by atoms with Crippen LogP contribution in [0, 0.1) is 0 Å². The predicted octanol–water partition coefficient (Wildman–Crippen LogP) is 9.05. The van der Waals surface area contributed by atoms with Crippen LogP contribution in [0.5, 0.6) is 0 Å². The molecule has 4 aliphatic rings. The van der Waals surface area contributed by atoms with Crippen LogP contribution in [0.1, 0.15) is 56.2 Å². The van der Waals surface area contributed by atoms with Gasteiger partial charge in [0.2, 0.25) is 0 Å². The maximum absolute atomic E-state index is 14.6. The summed E-state index contributed by atoms with van der Waals surface area (Å²) in [6.07, 6.45) is -5.51. The molecule has 4 aliphatic heterocycles. The number of nitrogens with zero attached hydrogens (tertiary/aromatic N) is 1. The van der Waals surface area contributed by atoms with Gasteiger partial charge < -0.3 is 37.9 Å². The summed E-state index contributed by atoms with van der Waals surface area (Å²) in [7, 11) is 0. The number of hydrogen-bond donors (Lipinski definition) is 0. The van der Waals surface area contributed by atoms with Gasteiger partial charge in [-0.3, -0.25) is 14.5 Å². The summed E-state index contributed by atoms with van der Waals surface area (Å²) in [6.45, 7) is 2.79. The van der Waals surface area contributed by atoms with Crippen molar-refractivity contribution in [3.8, 4) is 0 Å². The molecule has 0 saturated carbocycles. The molecule has 2 amide bonds. The van der Waals surface area contributed by atoms with Gasteiger partial charge in [-0.25, -0.2) is 0 Å². The third-order valence-corrected chi connectivity index (χ3v) is 13.4. The van der Waals surface area contributed by atoms with Gasteiger partial charge in [0.1, 0.15) is 48.1 Å². The molecule has 0 bridgehead atoms. The Morgan fingerprint density at radius 2 is 1.21 bits per heavy atom. The van der Waals surface area contributed by atoms with Gasteiger partial charge in [0.05, 0.1) is 53.7 Å². The highest BCUT2D eigenvalue weighted by Crippen LogP contribution is 2.45. The van der Waals surface area contributed by atoms with E-state index in [2.05, 4.69) is 0 Å². The van der Waals surface area contributed by atoms with E-state index in [0.717, 1.165) is 22.3 Å². The van der Waals surface area contributed by atoms with E-state index >= 15 is 0 Å². The van der Waals surface area contributed by atoms with Crippen molar-refractivity contribution in [2.75, 3.05) is 12.9 Å². The van der Waals surface area contributed by atoms with Gasteiger partial charge in [-0.15, -0.1) is 11.8 Å². The van der Waals surface area contributed by atoms with Gasteiger partial charge in [-0.2, -0.15) is 0 Å². The number of ether oxygens (including phenoxy) is 8. The van der Waals surface area contributed by atoms with Crippen LogP contribution in [0.2, 0.25) is 10.0 Å². The minimum Gasteiger partial charge on any atom is -0.368 e. The number of rotatable bonds is 14. The first-order valence-corrected chi connectivity index (χ1v) is 23.0. The Balaban J connectivity index is 1.12. The molecule has 63 heavy (non-hydrogen) atoms. The average molecular weight is 913 g/mol. The van der Waals surface area contributed by atoms with E-state index in [1.165, 1.54) is 28.8 Å². The second kappa shape index (κ2) is 19.9. The van der Waals surface area contributed by atoms with Crippen LogP contribution in [-0.4, -0.2) is 90.1 Å². The van der Waals surface area contributed by atoms with Crippen LogP contribution >= 0.6 is 35.0 Å². The van der Waals surface area contributed by atoms with Gasteiger partial charge in [0, 0.05) is 5.56 Å². The molecule has 3 fully saturated rings. The monoisotopic (exact) mass is 911 g/mol. The lowest BCUT2D eigenvalue weighted by Crippen LogP contribution is -2.69. The smallest absolute Gasteiger partial charge is 0.263 e. The standard InChI is InChI=1S/C49H47Cl2NO10S/c1-29-40(55-25-30-15-7-3-8-16-30)43(56-26-31-17-9-4-10-18-31)44(57-27-32-19-11-5-12-20-32)48(59-29)62-42-39(52-45(53)34-23-24-35(50)38(51)37(34)46(52)54)49(63-2)60-36-28-58-47(61-41(36)42)33-21-13-6-14-22-33/h3-24,29,36,39-44,47-49H,25-28H2,1-2H3/t29-,36+,39+,40+,41+,42+,43+,44-,47?,48-,49-/m0/s1.